The Morgan fingerprint density at radius 2 is 1.81 bits per heavy atom. The van der Waals surface area contributed by atoms with Crippen molar-refractivity contribution in [3.8, 4) is 5.75 Å². The second-order valence-corrected chi connectivity index (χ2v) is 9.87. The quantitative estimate of drug-likeness (QED) is 0.610. The maximum Gasteiger partial charge on any atom is 0.341 e. The van der Waals surface area contributed by atoms with Crippen LogP contribution in [0.25, 0.3) is 0 Å². The molecule has 1 aromatic carbocycles. The lowest BCUT2D eigenvalue weighted by atomic mass is 9.53. The third-order valence-electron chi connectivity index (χ3n) is 6.02. The maximum absolute atomic E-state index is 14.8. The fraction of sp³-hybridized carbons (Fsp3) is 0.667. The predicted molar refractivity (Wildman–Crippen MR) is 98.4 cm³/mol. The smallest absolute Gasteiger partial charge is 0.341 e. The van der Waals surface area contributed by atoms with Crippen LogP contribution in [-0.2, 0) is 4.74 Å². The van der Waals surface area contributed by atoms with E-state index in [2.05, 4.69) is 0 Å². The Balaban J connectivity index is 1.54. The number of rotatable bonds is 3. The largest absolute Gasteiger partial charge is 0.488 e. The monoisotopic (exact) mass is 398 g/mol. The highest BCUT2D eigenvalue weighted by molar-refractivity contribution is 6.32. The molecule has 0 amide bonds. The molecule has 0 spiro atoms. The van der Waals surface area contributed by atoms with Crippen LogP contribution >= 0.6 is 11.6 Å². The second-order valence-electron chi connectivity index (χ2n) is 9.47. The van der Waals surface area contributed by atoms with Gasteiger partial charge >= 0.3 is 5.97 Å². The first-order valence-electron chi connectivity index (χ1n) is 9.61. The molecule has 2 atom stereocenters. The van der Waals surface area contributed by atoms with Gasteiger partial charge in [-0.2, -0.15) is 0 Å². The summed E-state index contributed by atoms with van der Waals surface area (Å²) in [5.74, 6) is -0.547. The van der Waals surface area contributed by atoms with E-state index < -0.39 is 23.1 Å². The van der Waals surface area contributed by atoms with Crippen molar-refractivity contribution in [1.29, 1.82) is 0 Å². The molecule has 0 N–H and O–H groups in total. The van der Waals surface area contributed by atoms with Crippen LogP contribution in [0.4, 0.5) is 8.78 Å². The number of ether oxygens (including phenoxy) is 2. The van der Waals surface area contributed by atoms with E-state index >= 15 is 0 Å². The van der Waals surface area contributed by atoms with Crippen molar-refractivity contribution in [1.82, 2.24) is 0 Å². The normalized spacial score (nSPS) is 34.6. The Morgan fingerprint density at radius 1 is 1.19 bits per heavy atom. The Morgan fingerprint density at radius 3 is 2.37 bits per heavy atom. The molecule has 27 heavy (non-hydrogen) atoms. The van der Waals surface area contributed by atoms with Crippen LogP contribution in [0.15, 0.2) is 12.1 Å². The van der Waals surface area contributed by atoms with Gasteiger partial charge in [-0.05, 0) is 76.7 Å². The maximum atomic E-state index is 14.8. The van der Waals surface area contributed by atoms with Gasteiger partial charge in [-0.15, -0.1) is 0 Å². The molecule has 2 unspecified atom stereocenters. The minimum absolute atomic E-state index is 0.144. The van der Waals surface area contributed by atoms with Gasteiger partial charge in [-0.25, -0.2) is 13.6 Å². The number of esters is 1. The average Bonchev–Trinajstić information content (AvgIpc) is 2.50. The van der Waals surface area contributed by atoms with E-state index in [4.69, 9.17) is 21.1 Å². The molecular weight excluding hydrogens is 374 g/mol. The highest BCUT2D eigenvalue weighted by atomic mass is 35.5. The topological polar surface area (TPSA) is 35.5 Å². The third-order valence-corrected chi connectivity index (χ3v) is 6.31. The zero-order valence-electron chi connectivity index (χ0n) is 15.9. The number of carbonyl (C=O) groups excluding carboxylic acids is 1. The van der Waals surface area contributed by atoms with Crippen molar-refractivity contribution < 1.29 is 23.0 Å². The summed E-state index contributed by atoms with van der Waals surface area (Å²) in [4.78, 5) is 12.2. The Hall–Kier alpha value is -1.36. The number of carbonyl (C=O) groups is 1. The van der Waals surface area contributed by atoms with Gasteiger partial charge in [0.15, 0.2) is 0 Å². The van der Waals surface area contributed by atoms with Crippen LogP contribution in [0.5, 0.6) is 5.75 Å². The SMILES string of the molecule is CC(C)(C)OC(=O)c1cc(Cl)c(OC2C3CC4CC2CC(F)(C4)C3)cc1F. The zero-order chi connectivity index (χ0) is 19.6. The molecule has 4 aliphatic rings. The lowest BCUT2D eigenvalue weighted by molar-refractivity contribution is -0.134. The van der Waals surface area contributed by atoms with Gasteiger partial charge in [0.25, 0.3) is 0 Å². The lowest BCUT2D eigenvalue weighted by Gasteiger charge is -2.56. The summed E-state index contributed by atoms with van der Waals surface area (Å²) < 4.78 is 40.7. The van der Waals surface area contributed by atoms with Crippen molar-refractivity contribution in [3.63, 3.8) is 0 Å². The van der Waals surface area contributed by atoms with E-state index in [0.29, 0.717) is 25.2 Å². The molecule has 3 nitrogen and oxygen atoms in total. The molecule has 0 radical (unpaired) electrons. The van der Waals surface area contributed by atoms with Gasteiger partial charge in [0.2, 0.25) is 0 Å². The Kier molecular flexibility index (Phi) is 4.45. The van der Waals surface area contributed by atoms with Gasteiger partial charge in [0.05, 0.1) is 10.6 Å². The first-order chi connectivity index (χ1) is 12.5. The van der Waals surface area contributed by atoms with Crippen LogP contribution in [0, 0.1) is 23.6 Å². The van der Waals surface area contributed by atoms with Gasteiger partial charge in [0.1, 0.15) is 28.9 Å². The van der Waals surface area contributed by atoms with Crippen LogP contribution < -0.4 is 4.74 Å². The zero-order valence-corrected chi connectivity index (χ0v) is 16.6. The Bertz CT molecular complexity index is 757. The van der Waals surface area contributed by atoms with Crippen molar-refractivity contribution >= 4 is 17.6 Å². The highest BCUT2D eigenvalue weighted by Gasteiger charge is 2.57. The molecule has 6 heteroatoms. The summed E-state index contributed by atoms with van der Waals surface area (Å²) in [7, 11) is 0. The number of alkyl halides is 1. The van der Waals surface area contributed by atoms with E-state index in [1.54, 1.807) is 20.8 Å². The predicted octanol–water partition coefficient (Wildman–Crippen LogP) is 5.73. The van der Waals surface area contributed by atoms with Gasteiger partial charge in [-0.1, -0.05) is 11.6 Å². The summed E-state index contributed by atoms with van der Waals surface area (Å²) in [5, 5.41) is 0.168. The summed E-state index contributed by atoms with van der Waals surface area (Å²) >= 11 is 6.28. The van der Waals surface area contributed by atoms with E-state index in [0.717, 1.165) is 18.9 Å². The minimum atomic E-state index is -1.05. The molecule has 5 rings (SSSR count). The number of hydrogen-bond acceptors (Lipinski definition) is 3. The van der Waals surface area contributed by atoms with Crippen molar-refractivity contribution in [2.45, 2.75) is 70.2 Å². The summed E-state index contributed by atoms with van der Waals surface area (Å²) in [6.45, 7) is 5.14. The van der Waals surface area contributed by atoms with E-state index in [-0.39, 0.29) is 34.3 Å². The summed E-state index contributed by atoms with van der Waals surface area (Å²) in [6.07, 6.45) is 3.48. The average molecular weight is 399 g/mol. The third kappa shape index (κ3) is 3.67. The second kappa shape index (κ2) is 6.33. The molecule has 1 aromatic rings. The van der Waals surface area contributed by atoms with Crippen LogP contribution in [-0.4, -0.2) is 23.3 Å². The molecule has 0 saturated heterocycles. The van der Waals surface area contributed by atoms with Gasteiger partial charge in [0, 0.05) is 6.07 Å². The number of hydrogen-bond donors (Lipinski definition) is 0. The van der Waals surface area contributed by atoms with Crippen molar-refractivity contribution in [2.24, 2.45) is 17.8 Å². The summed E-state index contributed by atoms with van der Waals surface area (Å²) in [5.41, 5.74) is -1.99. The van der Waals surface area contributed by atoms with E-state index in [9.17, 15) is 13.6 Å². The molecule has 0 heterocycles. The molecule has 4 fully saturated rings. The van der Waals surface area contributed by atoms with Crippen LogP contribution in [0.3, 0.4) is 0 Å². The standard InChI is InChI=1S/C21H25ClF2O3/c1-20(2,3)27-19(25)14-6-15(22)17(7-16(14)23)26-18-12-4-11-5-13(18)10-21(24,8-11)9-12/h6-7,11-13,18H,4-5,8-10H2,1-3H3. The van der Waals surface area contributed by atoms with Crippen molar-refractivity contribution in [2.75, 3.05) is 0 Å². The molecule has 0 aliphatic heterocycles. The highest BCUT2D eigenvalue weighted by Crippen LogP contribution is 2.58. The molecule has 148 valence electrons. The summed E-state index contributed by atoms with van der Waals surface area (Å²) in [6, 6.07) is 2.41. The number of halogens is 3. The minimum Gasteiger partial charge on any atom is -0.488 e. The first kappa shape index (κ1) is 19.0. The van der Waals surface area contributed by atoms with E-state index in [1.165, 1.54) is 6.07 Å². The molecule has 4 aliphatic carbocycles. The lowest BCUT2D eigenvalue weighted by Crippen LogP contribution is -2.56. The van der Waals surface area contributed by atoms with E-state index in [1.807, 2.05) is 0 Å². The van der Waals surface area contributed by atoms with Crippen LogP contribution in [0.2, 0.25) is 5.02 Å². The number of benzene rings is 1. The Labute approximate surface area is 163 Å². The molecule has 0 aromatic heterocycles. The molecule has 4 saturated carbocycles. The molecular formula is C21H25ClF2O3. The van der Waals surface area contributed by atoms with Crippen molar-refractivity contribution in [3.05, 3.63) is 28.5 Å². The molecule has 4 bridgehead atoms. The van der Waals surface area contributed by atoms with Gasteiger partial charge in [-0.3, -0.25) is 0 Å². The fourth-order valence-corrected chi connectivity index (χ4v) is 5.53. The van der Waals surface area contributed by atoms with Crippen LogP contribution in [0.1, 0.15) is 63.2 Å². The fourth-order valence-electron chi connectivity index (χ4n) is 5.33. The van der Waals surface area contributed by atoms with Gasteiger partial charge < -0.3 is 9.47 Å². The first-order valence-corrected chi connectivity index (χ1v) is 9.99.